The fourth-order valence-electron chi connectivity index (χ4n) is 3.75. The standard InChI is InChI=1S/C27H16Cl3NO3/c28-18-6-9-22(29)21(14-18)26-11-8-20(34-26)12-17-13-24(16-4-2-1-3-5-16)31(27(17)33)19-7-10-23(30)25(32)15-19/h1-15,32H/b17-12+. The molecule has 1 aliphatic heterocycles. The number of rotatable bonds is 4. The first-order valence-corrected chi connectivity index (χ1v) is 11.4. The summed E-state index contributed by atoms with van der Waals surface area (Å²) in [5.41, 5.74) is 3.10. The van der Waals surface area contributed by atoms with Crippen LogP contribution in [0.2, 0.25) is 15.1 Å². The highest BCUT2D eigenvalue weighted by atomic mass is 35.5. The Morgan fingerprint density at radius 1 is 0.853 bits per heavy atom. The monoisotopic (exact) mass is 507 g/mol. The summed E-state index contributed by atoms with van der Waals surface area (Å²) in [6, 6.07) is 22.9. The summed E-state index contributed by atoms with van der Waals surface area (Å²) < 4.78 is 5.96. The predicted octanol–water partition coefficient (Wildman–Crippen LogP) is 8.08. The third-order valence-corrected chi connectivity index (χ3v) is 6.24. The minimum Gasteiger partial charge on any atom is -0.506 e. The zero-order chi connectivity index (χ0) is 23.8. The van der Waals surface area contributed by atoms with Gasteiger partial charge in [0, 0.05) is 22.2 Å². The van der Waals surface area contributed by atoms with E-state index in [0.29, 0.717) is 44.1 Å². The van der Waals surface area contributed by atoms with Crippen LogP contribution in [0.15, 0.2) is 94.9 Å². The van der Waals surface area contributed by atoms with Gasteiger partial charge >= 0.3 is 0 Å². The molecule has 34 heavy (non-hydrogen) atoms. The maximum atomic E-state index is 13.5. The Labute approximate surface area is 210 Å². The molecule has 1 N–H and O–H groups in total. The maximum Gasteiger partial charge on any atom is 0.263 e. The van der Waals surface area contributed by atoms with Crippen LogP contribution in [0.1, 0.15) is 11.3 Å². The number of hydrogen-bond donors (Lipinski definition) is 1. The minimum atomic E-state index is -0.265. The number of benzene rings is 3. The van der Waals surface area contributed by atoms with Crippen molar-refractivity contribution in [1.29, 1.82) is 0 Å². The maximum absolute atomic E-state index is 13.5. The first-order valence-electron chi connectivity index (χ1n) is 10.3. The van der Waals surface area contributed by atoms with Gasteiger partial charge in [0.15, 0.2) is 0 Å². The number of hydrogen-bond acceptors (Lipinski definition) is 3. The number of furan rings is 1. The molecule has 1 aliphatic rings. The number of phenols is 1. The van der Waals surface area contributed by atoms with Crippen LogP contribution in [0, 0.1) is 0 Å². The van der Waals surface area contributed by atoms with E-state index in [9.17, 15) is 9.90 Å². The molecule has 0 fully saturated rings. The van der Waals surface area contributed by atoms with E-state index >= 15 is 0 Å². The lowest BCUT2D eigenvalue weighted by Crippen LogP contribution is -2.24. The van der Waals surface area contributed by atoms with Crippen LogP contribution in [-0.2, 0) is 4.79 Å². The molecule has 0 aliphatic carbocycles. The molecule has 5 rings (SSSR count). The third-order valence-electron chi connectivity index (χ3n) is 5.36. The lowest BCUT2D eigenvalue weighted by Gasteiger charge is -2.21. The molecule has 1 amide bonds. The highest BCUT2D eigenvalue weighted by molar-refractivity contribution is 6.35. The van der Waals surface area contributed by atoms with Gasteiger partial charge in [-0.3, -0.25) is 9.69 Å². The second-order valence-corrected chi connectivity index (χ2v) is 8.85. The number of carbonyl (C=O) groups is 1. The Morgan fingerprint density at radius 3 is 2.38 bits per heavy atom. The number of halogens is 3. The van der Waals surface area contributed by atoms with E-state index in [2.05, 4.69) is 0 Å². The molecule has 2 heterocycles. The Bertz CT molecular complexity index is 1470. The van der Waals surface area contributed by atoms with Crippen molar-refractivity contribution < 1.29 is 14.3 Å². The molecule has 0 saturated heterocycles. The van der Waals surface area contributed by atoms with E-state index in [1.54, 1.807) is 54.6 Å². The lowest BCUT2D eigenvalue weighted by molar-refractivity contribution is -0.113. The number of amides is 1. The molecule has 0 radical (unpaired) electrons. The predicted molar refractivity (Wildman–Crippen MR) is 137 cm³/mol. The van der Waals surface area contributed by atoms with E-state index in [1.165, 1.54) is 11.0 Å². The topological polar surface area (TPSA) is 53.7 Å². The van der Waals surface area contributed by atoms with E-state index < -0.39 is 0 Å². The van der Waals surface area contributed by atoms with Crippen LogP contribution in [0.25, 0.3) is 23.1 Å². The first kappa shape index (κ1) is 22.4. The molecule has 168 valence electrons. The van der Waals surface area contributed by atoms with Gasteiger partial charge in [0.25, 0.3) is 5.91 Å². The molecule has 0 spiro atoms. The summed E-state index contributed by atoms with van der Waals surface area (Å²) in [7, 11) is 0. The van der Waals surface area contributed by atoms with Gasteiger partial charge in [0.2, 0.25) is 0 Å². The van der Waals surface area contributed by atoms with Gasteiger partial charge in [-0.25, -0.2) is 0 Å². The Morgan fingerprint density at radius 2 is 1.62 bits per heavy atom. The van der Waals surface area contributed by atoms with Gasteiger partial charge in [-0.1, -0.05) is 65.1 Å². The normalized spacial score (nSPS) is 14.7. The van der Waals surface area contributed by atoms with Crippen molar-refractivity contribution in [2.45, 2.75) is 0 Å². The summed E-state index contributed by atoms with van der Waals surface area (Å²) in [4.78, 5) is 15.0. The van der Waals surface area contributed by atoms with Crippen molar-refractivity contribution in [3.63, 3.8) is 0 Å². The van der Waals surface area contributed by atoms with Crippen LogP contribution in [0.4, 0.5) is 5.69 Å². The van der Waals surface area contributed by atoms with Crippen LogP contribution in [-0.4, -0.2) is 11.0 Å². The Hall–Kier alpha value is -3.44. The van der Waals surface area contributed by atoms with Crippen molar-refractivity contribution in [1.82, 2.24) is 0 Å². The number of nitrogens with zero attached hydrogens (tertiary/aromatic N) is 1. The van der Waals surface area contributed by atoms with Crippen LogP contribution in [0.5, 0.6) is 5.75 Å². The van der Waals surface area contributed by atoms with Crippen LogP contribution < -0.4 is 4.90 Å². The van der Waals surface area contributed by atoms with Gasteiger partial charge in [0.05, 0.1) is 21.4 Å². The van der Waals surface area contributed by atoms with Crippen molar-refractivity contribution >= 4 is 58.2 Å². The van der Waals surface area contributed by atoms with Gasteiger partial charge < -0.3 is 9.52 Å². The summed E-state index contributed by atoms with van der Waals surface area (Å²) in [5.74, 6) is 0.653. The van der Waals surface area contributed by atoms with Crippen molar-refractivity contribution in [2.75, 3.05) is 4.90 Å². The summed E-state index contributed by atoms with van der Waals surface area (Å²) >= 11 is 18.4. The lowest BCUT2D eigenvalue weighted by atomic mass is 10.1. The highest BCUT2D eigenvalue weighted by Crippen LogP contribution is 2.39. The molecule has 4 aromatic rings. The zero-order valence-electron chi connectivity index (χ0n) is 17.5. The van der Waals surface area contributed by atoms with E-state index in [1.807, 2.05) is 30.3 Å². The van der Waals surface area contributed by atoms with Gasteiger partial charge in [-0.05, 0) is 60.2 Å². The van der Waals surface area contributed by atoms with E-state index in [-0.39, 0.29) is 16.7 Å². The molecule has 1 aromatic heterocycles. The number of anilines is 1. The molecule has 7 heteroatoms. The Kier molecular flexibility index (Phi) is 5.96. The molecule has 0 bridgehead atoms. The highest BCUT2D eigenvalue weighted by Gasteiger charge is 2.31. The third kappa shape index (κ3) is 4.24. The molecular formula is C27H16Cl3NO3. The molecule has 0 unspecified atom stereocenters. The molecule has 0 atom stereocenters. The second-order valence-electron chi connectivity index (χ2n) is 7.60. The fraction of sp³-hybridized carbons (Fsp3) is 0. The minimum absolute atomic E-state index is 0.106. The number of phenolic OH excluding ortho intramolecular Hbond substituents is 1. The number of carbonyl (C=O) groups excluding carboxylic acids is 1. The molecule has 4 nitrogen and oxygen atoms in total. The summed E-state index contributed by atoms with van der Waals surface area (Å²) in [6.45, 7) is 0. The van der Waals surface area contributed by atoms with Gasteiger partial charge in [-0.2, -0.15) is 0 Å². The van der Waals surface area contributed by atoms with Crippen LogP contribution >= 0.6 is 34.8 Å². The molecular weight excluding hydrogens is 493 g/mol. The van der Waals surface area contributed by atoms with Crippen molar-refractivity contribution in [3.8, 4) is 17.1 Å². The van der Waals surface area contributed by atoms with Crippen molar-refractivity contribution in [2.24, 2.45) is 0 Å². The summed E-state index contributed by atoms with van der Waals surface area (Å²) in [6.07, 6.45) is 3.46. The fourth-order valence-corrected chi connectivity index (χ4v) is 4.25. The number of aromatic hydroxyl groups is 1. The quantitative estimate of drug-likeness (QED) is 0.283. The first-order chi connectivity index (χ1) is 16.4. The molecule has 3 aromatic carbocycles. The van der Waals surface area contributed by atoms with Crippen molar-refractivity contribution in [3.05, 3.63) is 117 Å². The SMILES string of the molecule is O=C1/C(=C/c2ccc(-c3cc(Cl)ccc3Cl)o2)C=C(c2ccccc2)N1c1ccc(Cl)c(O)c1. The summed E-state index contributed by atoms with van der Waals surface area (Å²) in [5, 5.41) is 11.4. The smallest absolute Gasteiger partial charge is 0.263 e. The Balaban J connectivity index is 1.56. The average molecular weight is 509 g/mol. The van der Waals surface area contributed by atoms with Gasteiger partial charge in [0.1, 0.15) is 17.3 Å². The molecule has 0 saturated carbocycles. The zero-order valence-corrected chi connectivity index (χ0v) is 19.8. The van der Waals surface area contributed by atoms with Crippen LogP contribution in [0.3, 0.4) is 0 Å². The largest absolute Gasteiger partial charge is 0.506 e. The van der Waals surface area contributed by atoms with Gasteiger partial charge in [-0.15, -0.1) is 0 Å². The average Bonchev–Trinajstić information content (AvgIpc) is 3.43. The second kappa shape index (κ2) is 9.07. The van der Waals surface area contributed by atoms with E-state index in [0.717, 1.165) is 5.56 Å². The van der Waals surface area contributed by atoms with E-state index in [4.69, 9.17) is 39.2 Å².